The Kier molecular flexibility index (Phi) is 7.44. The Morgan fingerprint density at radius 3 is 2.02 bits per heavy atom. The van der Waals surface area contributed by atoms with Crippen LogP contribution in [0.1, 0.15) is 83.3 Å². The van der Waals surface area contributed by atoms with Gasteiger partial charge in [0.05, 0.1) is 16.9 Å². The topological polar surface area (TPSA) is 50.8 Å². The molecule has 1 N–H and O–H groups in total. The summed E-state index contributed by atoms with van der Waals surface area (Å²) in [5, 5.41) is 3.80. The van der Waals surface area contributed by atoms with Crippen molar-refractivity contribution < 1.29 is 14.3 Å². The normalized spacial score (nSPS) is 14.1. The summed E-state index contributed by atoms with van der Waals surface area (Å²) >= 11 is 0. The van der Waals surface area contributed by atoms with E-state index in [0.717, 1.165) is 78.1 Å². The lowest BCUT2D eigenvalue weighted by atomic mass is 9.76. The number of ether oxygens (including phenoxy) is 2. The van der Waals surface area contributed by atoms with E-state index >= 15 is 0 Å². The van der Waals surface area contributed by atoms with Gasteiger partial charge in [-0.1, -0.05) is 75.2 Å². The second-order valence-corrected chi connectivity index (χ2v) is 11.6. The van der Waals surface area contributed by atoms with Crippen molar-refractivity contribution in [2.45, 2.75) is 65.9 Å². The fraction of sp³-hybridized carbons (Fsp3) is 0.324. The summed E-state index contributed by atoms with van der Waals surface area (Å²) in [6, 6.07) is 24.4. The lowest BCUT2D eigenvalue weighted by Gasteiger charge is -2.38. The molecule has 216 valence electrons. The number of anilines is 3. The van der Waals surface area contributed by atoms with Gasteiger partial charge in [-0.15, -0.1) is 0 Å². The summed E-state index contributed by atoms with van der Waals surface area (Å²) in [6.45, 7) is 12.6. The molecule has 0 aliphatic carbocycles. The summed E-state index contributed by atoms with van der Waals surface area (Å²) in [5.41, 5.74) is 8.37. The molecule has 4 aromatic carbocycles. The van der Waals surface area contributed by atoms with Crippen molar-refractivity contribution in [2.75, 3.05) is 23.3 Å². The maximum atomic E-state index is 14.4. The quantitative estimate of drug-likeness (QED) is 0.207. The summed E-state index contributed by atoms with van der Waals surface area (Å²) in [4.78, 5) is 16.8. The highest BCUT2D eigenvalue weighted by molar-refractivity contribution is 6.05. The number of nitrogens with zero attached hydrogens (tertiary/aromatic N) is 1. The molecule has 5 heteroatoms. The molecule has 0 radical (unpaired) electrons. The zero-order chi connectivity index (χ0) is 29.4. The van der Waals surface area contributed by atoms with Crippen molar-refractivity contribution in [1.82, 2.24) is 0 Å². The first-order valence-corrected chi connectivity index (χ1v) is 15.3. The minimum atomic E-state index is -1.15. The molecule has 0 saturated heterocycles. The zero-order valence-electron chi connectivity index (χ0n) is 25.3. The van der Waals surface area contributed by atoms with E-state index in [2.05, 4.69) is 69.1 Å². The molecule has 2 heterocycles. The van der Waals surface area contributed by atoms with Crippen molar-refractivity contribution in [3.63, 3.8) is 0 Å². The van der Waals surface area contributed by atoms with Crippen LogP contribution in [0.15, 0.2) is 72.8 Å². The van der Waals surface area contributed by atoms with Gasteiger partial charge < -0.3 is 19.7 Å². The first kappa shape index (κ1) is 27.9. The molecule has 0 saturated carbocycles. The Bertz CT molecular complexity index is 1600. The number of benzene rings is 4. The number of nitrogens with one attached hydrogen (secondary N) is 1. The molecule has 2 aliphatic heterocycles. The maximum absolute atomic E-state index is 14.4. The van der Waals surface area contributed by atoms with Gasteiger partial charge in [-0.3, -0.25) is 0 Å². The molecule has 6 rings (SSSR count). The van der Waals surface area contributed by atoms with Crippen molar-refractivity contribution in [3.8, 4) is 11.5 Å². The van der Waals surface area contributed by atoms with Crippen LogP contribution in [-0.2, 0) is 10.3 Å². The van der Waals surface area contributed by atoms with Gasteiger partial charge in [0.1, 0.15) is 11.5 Å². The Labute approximate surface area is 249 Å². The number of para-hydroxylation sites is 2. The Morgan fingerprint density at radius 1 is 0.786 bits per heavy atom. The van der Waals surface area contributed by atoms with Crippen LogP contribution >= 0.6 is 0 Å². The van der Waals surface area contributed by atoms with Gasteiger partial charge in [0.2, 0.25) is 0 Å². The number of fused-ring (bicyclic) bond motifs is 6. The second-order valence-electron chi connectivity index (χ2n) is 11.6. The van der Waals surface area contributed by atoms with Crippen LogP contribution in [0.4, 0.5) is 17.1 Å². The molecule has 4 aromatic rings. The van der Waals surface area contributed by atoms with Crippen molar-refractivity contribution in [1.29, 1.82) is 0 Å². The van der Waals surface area contributed by atoms with Crippen molar-refractivity contribution in [2.24, 2.45) is 0 Å². The van der Waals surface area contributed by atoms with Crippen LogP contribution in [0.2, 0.25) is 0 Å². The average Bonchev–Trinajstić information content (AvgIpc) is 3.30. The third kappa shape index (κ3) is 4.43. The second kappa shape index (κ2) is 11.2. The number of hydrogen-bond donors (Lipinski definition) is 1. The van der Waals surface area contributed by atoms with Gasteiger partial charge in [-0.05, 0) is 74.6 Å². The van der Waals surface area contributed by atoms with E-state index in [-0.39, 0.29) is 5.97 Å². The summed E-state index contributed by atoms with van der Waals surface area (Å²) in [7, 11) is 0. The van der Waals surface area contributed by atoms with E-state index in [1.165, 1.54) is 11.1 Å². The highest BCUT2D eigenvalue weighted by Crippen LogP contribution is 2.59. The fourth-order valence-corrected chi connectivity index (χ4v) is 6.42. The summed E-state index contributed by atoms with van der Waals surface area (Å²) in [6.07, 6.45) is 4.28. The molecule has 0 unspecified atom stereocenters. The Balaban J connectivity index is 1.69. The van der Waals surface area contributed by atoms with E-state index in [0.29, 0.717) is 17.1 Å². The smallest absolute Gasteiger partial charge is 0.342 e. The first-order chi connectivity index (χ1) is 20.4. The Morgan fingerprint density at radius 2 is 1.40 bits per heavy atom. The third-order valence-corrected chi connectivity index (χ3v) is 8.83. The van der Waals surface area contributed by atoms with E-state index in [4.69, 9.17) is 9.47 Å². The number of carbonyl (C=O) groups is 1. The van der Waals surface area contributed by atoms with Crippen LogP contribution in [0.25, 0.3) is 0 Å². The highest BCUT2D eigenvalue weighted by atomic mass is 16.6. The molecule has 0 atom stereocenters. The van der Waals surface area contributed by atoms with Gasteiger partial charge in [0.25, 0.3) is 0 Å². The molecule has 0 amide bonds. The molecular weight excluding hydrogens is 520 g/mol. The number of unbranched alkanes of at least 4 members (excludes halogenated alkanes) is 2. The third-order valence-electron chi connectivity index (χ3n) is 8.83. The van der Waals surface area contributed by atoms with Crippen molar-refractivity contribution >= 4 is 23.0 Å². The Hall–Kier alpha value is -4.25. The van der Waals surface area contributed by atoms with Crippen LogP contribution in [0.5, 0.6) is 11.5 Å². The predicted octanol–water partition coefficient (Wildman–Crippen LogP) is 9.33. The molecule has 0 fully saturated rings. The highest BCUT2D eigenvalue weighted by Gasteiger charge is 2.56. The molecule has 1 spiro atoms. The predicted molar refractivity (Wildman–Crippen MR) is 171 cm³/mol. The lowest BCUT2D eigenvalue weighted by Crippen LogP contribution is -2.34. The average molecular weight is 561 g/mol. The van der Waals surface area contributed by atoms with Gasteiger partial charge >= 0.3 is 5.97 Å². The number of hydrogen-bond acceptors (Lipinski definition) is 5. The largest absolute Gasteiger partial charge is 0.456 e. The molecule has 2 aliphatic rings. The van der Waals surface area contributed by atoms with Crippen LogP contribution < -0.4 is 15.0 Å². The van der Waals surface area contributed by atoms with Crippen molar-refractivity contribution in [3.05, 3.63) is 112 Å². The number of esters is 1. The minimum Gasteiger partial charge on any atom is -0.456 e. The van der Waals surface area contributed by atoms with Gasteiger partial charge in [-0.25, -0.2) is 4.79 Å². The minimum absolute atomic E-state index is 0.298. The number of rotatable bonds is 9. The molecule has 42 heavy (non-hydrogen) atoms. The van der Waals surface area contributed by atoms with Gasteiger partial charge in [0.15, 0.2) is 5.60 Å². The first-order valence-electron chi connectivity index (χ1n) is 15.3. The molecule has 0 aromatic heterocycles. The number of aryl methyl sites for hydroxylation is 2. The SMILES string of the molecule is CCCCN(CCCC)c1cc(C)c(Nc2cccc(C)c2C)c2c1C(=O)OC21c2ccccc2Oc2ccccc21. The van der Waals surface area contributed by atoms with Crippen LogP contribution in [0, 0.1) is 20.8 Å². The van der Waals surface area contributed by atoms with Gasteiger partial charge in [-0.2, -0.15) is 0 Å². The van der Waals surface area contributed by atoms with Crippen LogP contribution in [-0.4, -0.2) is 19.1 Å². The van der Waals surface area contributed by atoms with Gasteiger partial charge in [0, 0.05) is 35.5 Å². The standard InChI is InChI=1S/C37H40N2O3/c1-6-8-21-39(22-9-7-2)30-23-25(4)35(38-29-18-14-15-24(3)26(29)5)34-33(30)36(40)42-37(34)27-16-10-12-19-31(27)41-32-20-13-11-17-28(32)37/h10-20,23,38H,6-9,21-22H2,1-5H3. The van der Waals surface area contributed by atoms with E-state index < -0.39 is 5.60 Å². The lowest BCUT2D eigenvalue weighted by molar-refractivity contribution is 0.0226. The van der Waals surface area contributed by atoms with Crippen LogP contribution in [0.3, 0.4) is 0 Å². The molecule has 0 bridgehead atoms. The van der Waals surface area contributed by atoms with E-state index in [1.807, 2.05) is 48.5 Å². The van der Waals surface area contributed by atoms with E-state index in [1.54, 1.807) is 0 Å². The molecular formula is C37H40N2O3. The maximum Gasteiger partial charge on any atom is 0.342 e. The number of carbonyl (C=O) groups excluding carboxylic acids is 1. The molecule has 5 nitrogen and oxygen atoms in total. The monoisotopic (exact) mass is 560 g/mol. The zero-order valence-corrected chi connectivity index (χ0v) is 25.3. The van der Waals surface area contributed by atoms with E-state index in [9.17, 15) is 4.79 Å². The fourth-order valence-electron chi connectivity index (χ4n) is 6.42. The summed E-state index contributed by atoms with van der Waals surface area (Å²) < 4.78 is 13.1. The summed E-state index contributed by atoms with van der Waals surface area (Å²) in [5.74, 6) is 1.10.